The molecule has 0 aliphatic carbocycles. The molecular formula is Hg2N2O7. The van der Waals surface area contributed by atoms with Crippen LogP contribution in [0.5, 0.6) is 0 Å². The average Bonchev–Trinajstić information content (AvgIpc) is 1.66. The van der Waals surface area contributed by atoms with Gasteiger partial charge in [0.05, 0.1) is 10.2 Å². The van der Waals surface area contributed by atoms with E-state index in [2.05, 4.69) is 0 Å². The molecule has 0 atom stereocenters. The monoisotopic (exact) mass is 544 g/mol. The van der Waals surface area contributed by atoms with E-state index >= 15 is 0 Å². The normalized spacial score (nSPS) is 4.91. The summed E-state index contributed by atoms with van der Waals surface area (Å²) in [6.45, 7) is 0. The Balaban J connectivity index is -0.0000000339. The maximum absolute atomic E-state index is 8.44. The molecule has 0 N–H and O–H groups in total. The first-order chi connectivity index (χ1) is 4.46. The molecule has 0 aliphatic rings. The van der Waals surface area contributed by atoms with Crippen molar-refractivity contribution in [2.24, 2.45) is 0 Å². The molecule has 0 bridgehead atoms. The predicted molar refractivity (Wildman–Crippen MR) is 21.4 cm³/mol. The number of nitrogens with zero attached hydrogens (tertiary/aromatic N) is 2. The van der Waals surface area contributed by atoms with Crippen molar-refractivity contribution in [2.75, 3.05) is 0 Å². The van der Waals surface area contributed by atoms with Gasteiger partial charge < -0.3 is 30.6 Å². The molecule has 0 unspecified atom stereocenters. The molecule has 0 heterocycles. The summed E-state index contributed by atoms with van der Waals surface area (Å²) in [5.41, 5.74) is 0. The van der Waals surface area contributed by atoms with Gasteiger partial charge in [-0.2, -0.15) is 0 Å². The van der Waals surface area contributed by atoms with Crippen LogP contribution in [0.15, 0.2) is 0 Å². The van der Waals surface area contributed by atoms with Crippen LogP contribution in [-0.2, 0) is 56.4 Å². The van der Waals surface area contributed by atoms with E-state index in [0.29, 0.717) is 0 Å². The Kier molecular flexibility index (Phi) is 45.9. The van der Waals surface area contributed by atoms with Crippen LogP contribution in [0.4, 0.5) is 0 Å². The minimum absolute atomic E-state index is 0. The van der Waals surface area contributed by atoms with E-state index in [9.17, 15) is 0 Å². The van der Waals surface area contributed by atoms with Crippen LogP contribution in [0.25, 0.3) is 0 Å². The Bertz CT molecular complexity index is 82.6. The van der Waals surface area contributed by atoms with E-state index in [1.165, 1.54) is 0 Å². The fourth-order valence-corrected chi connectivity index (χ4v) is 0. The SMILES string of the molecule is O=[N+]([O-])[O-].O=[N+]([O-])[O-].[Hg+2].[O]=[Hg]. The minimum atomic E-state index is -1.75. The first kappa shape index (κ1) is 22.5. The van der Waals surface area contributed by atoms with E-state index in [1.54, 1.807) is 0 Å². The van der Waals surface area contributed by atoms with Crippen molar-refractivity contribution >= 4 is 0 Å². The number of hydrogen-bond acceptors (Lipinski definition) is 7. The second kappa shape index (κ2) is 22.5. The van der Waals surface area contributed by atoms with Gasteiger partial charge in [-0.15, -0.1) is 0 Å². The summed E-state index contributed by atoms with van der Waals surface area (Å²) in [6.07, 6.45) is 0. The van der Waals surface area contributed by atoms with Crippen molar-refractivity contribution < 1.29 is 66.6 Å². The van der Waals surface area contributed by atoms with E-state index in [1.807, 2.05) is 0 Å². The standard InChI is InChI=1S/2Hg.2NO3.O/c;;2*2-1(3)4;/q;+2;2*-1;. The Morgan fingerprint density at radius 3 is 0.818 bits per heavy atom. The first-order valence-corrected chi connectivity index (χ1v) is 3.63. The summed E-state index contributed by atoms with van der Waals surface area (Å²) in [5.74, 6) is 0. The average molecular weight is 541 g/mol. The second-order valence-corrected chi connectivity index (χ2v) is 0.447. The van der Waals surface area contributed by atoms with Gasteiger partial charge in [0.2, 0.25) is 0 Å². The van der Waals surface area contributed by atoms with Crippen molar-refractivity contribution in [1.29, 1.82) is 0 Å². The molecule has 56 valence electrons. The zero-order valence-electron chi connectivity index (χ0n) is 5.17. The van der Waals surface area contributed by atoms with Gasteiger partial charge >= 0.3 is 56.4 Å². The van der Waals surface area contributed by atoms with Gasteiger partial charge in [0, 0.05) is 0 Å². The molecule has 0 aromatic heterocycles. The Morgan fingerprint density at radius 2 is 0.818 bits per heavy atom. The molecule has 0 spiro atoms. The summed E-state index contributed by atoms with van der Waals surface area (Å²) in [5, 5.41) is 29.5. The van der Waals surface area contributed by atoms with Gasteiger partial charge in [-0.25, -0.2) is 0 Å². The van der Waals surface area contributed by atoms with E-state index < -0.39 is 10.2 Å². The molecule has 0 aromatic carbocycles. The van der Waals surface area contributed by atoms with Gasteiger partial charge in [0.1, 0.15) is 0 Å². The van der Waals surface area contributed by atoms with Gasteiger partial charge in [-0.1, -0.05) is 0 Å². The van der Waals surface area contributed by atoms with Crippen molar-refractivity contribution in [2.45, 2.75) is 0 Å². The summed E-state index contributed by atoms with van der Waals surface area (Å²) >= 11 is -0.222. The zero-order chi connectivity index (χ0) is 9.15. The van der Waals surface area contributed by atoms with E-state index in [0.717, 1.165) is 0 Å². The fraction of sp³-hybridized carbons (Fsp3) is 0. The molecule has 0 saturated carbocycles. The van der Waals surface area contributed by atoms with Crippen molar-refractivity contribution in [3.8, 4) is 0 Å². The molecule has 0 aliphatic heterocycles. The van der Waals surface area contributed by atoms with Crippen molar-refractivity contribution in [1.82, 2.24) is 0 Å². The molecule has 0 radical (unpaired) electrons. The van der Waals surface area contributed by atoms with Gasteiger partial charge in [-0.3, -0.25) is 0 Å². The summed E-state index contributed by atoms with van der Waals surface area (Å²) < 4.78 is 8.44. The summed E-state index contributed by atoms with van der Waals surface area (Å²) in [6, 6.07) is 0. The molecule has 11 heavy (non-hydrogen) atoms. The number of rotatable bonds is 0. The third-order valence-electron chi connectivity index (χ3n) is 0. The molecule has 0 fully saturated rings. The fourth-order valence-electron chi connectivity index (χ4n) is 0. The predicted octanol–water partition coefficient (Wildman–Crippen LogP) is -0.602. The zero-order valence-corrected chi connectivity index (χ0v) is 16.2. The van der Waals surface area contributed by atoms with Crippen LogP contribution in [0.3, 0.4) is 0 Å². The first-order valence-electron chi connectivity index (χ1n) is 1.38. The summed E-state index contributed by atoms with van der Waals surface area (Å²) in [7, 11) is 0. The summed E-state index contributed by atoms with van der Waals surface area (Å²) in [4.78, 5) is 16.5. The quantitative estimate of drug-likeness (QED) is 0.226. The van der Waals surface area contributed by atoms with Gasteiger partial charge in [0.15, 0.2) is 0 Å². The van der Waals surface area contributed by atoms with Crippen LogP contribution in [-0.4, -0.2) is 10.2 Å². The van der Waals surface area contributed by atoms with Crippen molar-refractivity contribution in [3.05, 3.63) is 30.6 Å². The Hall–Kier alpha value is 0.0701. The third-order valence-corrected chi connectivity index (χ3v) is 0. The van der Waals surface area contributed by atoms with Crippen LogP contribution in [0.2, 0.25) is 0 Å². The molecule has 11 heteroatoms. The van der Waals surface area contributed by atoms with Crippen LogP contribution < -0.4 is 0 Å². The molecule has 0 aromatic rings. The van der Waals surface area contributed by atoms with Crippen LogP contribution in [0.1, 0.15) is 0 Å². The molecule has 0 amide bonds. The van der Waals surface area contributed by atoms with E-state index in [4.69, 9.17) is 33.3 Å². The molecule has 9 nitrogen and oxygen atoms in total. The van der Waals surface area contributed by atoms with E-state index in [-0.39, 0.29) is 53.8 Å². The molecular weight excluding hydrogens is 541 g/mol. The molecule has 0 saturated heterocycles. The van der Waals surface area contributed by atoms with Gasteiger partial charge in [0.25, 0.3) is 0 Å². The Morgan fingerprint density at radius 1 is 0.818 bits per heavy atom. The topological polar surface area (TPSA) is 149 Å². The third kappa shape index (κ3) is 133000. The maximum atomic E-state index is 8.44. The second-order valence-electron chi connectivity index (χ2n) is 0.447. The Labute approximate surface area is 96.6 Å². The number of hydrogen-bond donors (Lipinski definition) is 0. The van der Waals surface area contributed by atoms with Crippen molar-refractivity contribution in [3.63, 3.8) is 0 Å². The van der Waals surface area contributed by atoms with Crippen LogP contribution >= 0.6 is 0 Å². The van der Waals surface area contributed by atoms with Crippen LogP contribution in [0, 0.1) is 30.6 Å². The molecule has 0 rings (SSSR count). The van der Waals surface area contributed by atoms with Gasteiger partial charge in [-0.05, 0) is 0 Å².